The summed E-state index contributed by atoms with van der Waals surface area (Å²) in [5, 5.41) is 11.5. The van der Waals surface area contributed by atoms with E-state index in [0.717, 1.165) is 11.8 Å². The molecular weight excluding hydrogens is 294 g/mol. The van der Waals surface area contributed by atoms with Crippen molar-refractivity contribution in [3.63, 3.8) is 0 Å². The summed E-state index contributed by atoms with van der Waals surface area (Å²) < 4.78 is 22.2. The Balaban J connectivity index is 2.84. The Hall–Kier alpha value is -1.89. The Morgan fingerprint density at radius 3 is 2.43 bits per heavy atom. The number of hydrogen-bond donors (Lipinski definition) is 2. The van der Waals surface area contributed by atoms with Crippen molar-refractivity contribution in [2.45, 2.75) is 25.8 Å². The van der Waals surface area contributed by atoms with Crippen LogP contribution in [0.15, 0.2) is 24.3 Å². The van der Waals surface area contributed by atoms with Crippen LogP contribution < -0.4 is 5.32 Å². The van der Waals surface area contributed by atoms with Gasteiger partial charge in [0.25, 0.3) is 5.91 Å². The summed E-state index contributed by atoms with van der Waals surface area (Å²) in [4.78, 5) is 23.3. The molecule has 0 fully saturated rings. The molecule has 1 rings (SSSR count). The second kappa shape index (κ2) is 7.21. The molecule has 0 bridgehead atoms. The highest BCUT2D eigenvalue weighted by Crippen LogP contribution is 2.10. The minimum absolute atomic E-state index is 0.159. The van der Waals surface area contributed by atoms with Gasteiger partial charge in [0.05, 0.1) is 5.75 Å². The lowest BCUT2D eigenvalue weighted by Crippen LogP contribution is -2.42. The van der Waals surface area contributed by atoms with Crippen LogP contribution >= 0.6 is 0 Å². The summed E-state index contributed by atoms with van der Waals surface area (Å²) in [6, 6.07) is 5.68. The van der Waals surface area contributed by atoms with Gasteiger partial charge < -0.3 is 10.4 Å². The van der Waals surface area contributed by atoms with Crippen molar-refractivity contribution in [3.8, 4) is 0 Å². The zero-order chi connectivity index (χ0) is 16.0. The van der Waals surface area contributed by atoms with Crippen molar-refractivity contribution in [3.05, 3.63) is 35.4 Å². The number of rotatable bonds is 7. The monoisotopic (exact) mass is 313 g/mol. The molecule has 0 aliphatic heterocycles. The number of carboxylic acids is 1. The van der Waals surface area contributed by atoms with Crippen molar-refractivity contribution >= 4 is 21.7 Å². The van der Waals surface area contributed by atoms with Crippen LogP contribution in [0, 0.1) is 0 Å². The van der Waals surface area contributed by atoms with E-state index in [1.54, 1.807) is 24.3 Å². The Kier molecular flexibility index (Phi) is 5.90. The van der Waals surface area contributed by atoms with Crippen molar-refractivity contribution in [1.29, 1.82) is 0 Å². The number of benzene rings is 1. The first-order valence-electron chi connectivity index (χ1n) is 6.54. The lowest BCUT2D eigenvalue weighted by atomic mass is 10.0. The van der Waals surface area contributed by atoms with E-state index in [4.69, 9.17) is 5.11 Å². The quantitative estimate of drug-likeness (QED) is 0.778. The zero-order valence-electron chi connectivity index (χ0n) is 12.0. The molecule has 0 radical (unpaired) electrons. The van der Waals surface area contributed by atoms with E-state index in [-0.39, 0.29) is 12.2 Å². The number of sulfone groups is 1. The smallest absolute Gasteiger partial charge is 0.326 e. The Morgan fingerprint density at radius 2 is 1.90 bits per heavy atom. The molecular formula is C14H19NO5S. The number of aliphatic carboxylic acids is 1. The fourth-order valence-electron chi connectivity index (χ4n) is 1.88. The molecule has 21 heavy (non-hydrogen) atoms. The standard InChI is InChI=1S/C14H19NO5S/c1-3-10-6-4-5-7-11(10)13(16)15-12(14(17)18)8-9-21(2,19)20/h4-7,12H,3,8-9H2,1-2H3,(H,15,16)(H,17,18). The number of aryl methyl sites for hydroxylation is 1. The maximum absolute atomic E-state index is 12.1. The molecule has 1 aromatic rings. The van der Waals surface area contributed by atoms with Crippen LogP contribution in [-0.2, 0) is 21.1 Å². The first kappa shape index (κ1) is 17.2. The molecule has 7 heteroatoms. The molecule has 116 valence electrons. The van der Waals surface area contributed by atoms with E-state index in [9.17, 15) is 18.0 Å². The first-order valence-corrected chi connectivity index (χ1v) is 8.60. The largest absolute Gasteiger partial charge is 0.480 e. The average Bonchev–Trinajstić information content (AvgIpc) is 2.41. The number of amides is 1. The summed E-state index contributed by atoms with van der Waals surface area (Å²) in [6.07, 6.45) is 1.51. The van der Waals surface area contributed by atoms with Crippen LogP contribution in [0.4, 0.5) is 0 Å². The molecule has 1 unspecified atom stereocenters. The van der Waals surface area contributed by atoms with Crippen LogP contribution in [0.1, 0.15) is 29.3 Å². The normalized spacial score (nSPS) is 12.7. The highest BCUT2D eigenvalue weighted by molar-refractivity contribution is 7.90. The summed E-state index contributed by atoms with van der Waals surface area (Å²) in [5.41, 5.74) is 1.22. The summed E-state index contributed by atoms with van der Waals surface area (Å²) in [7, 11) is -3.28. The van der Waals surface area contributed by atoms with E-state index >= 15 is 0 Å². The second-order valence-corrected chi connectivity index (χ2v) is 7.05. The van der Waals surface area contributed by atoms with Gasteiger partial charge in [-0.05, 0) is 24.5 Å². The van der Waals surface area contributed by atoms with Crippen LogP contribution in [0.2, 0.25) is 0 Å². The lowest BCUT2D eigenvalue weighted by molar-refractivity contribution is -0.139. The van der Waals surface area contributed by atoms with E-state index in [1.807, 2.05) is 6.92 Å². The first-order chi connectivity index (χ1) is 9.74. The minimum Gasteiger partial charge on any atom is -0.480 e. The Morgan fingerprint density at radius 1 is 1.29 bits per heavy atom. The topological polar surface area (TPSA) is 101 Å². The lowest BCUT2D eigenvalue weighted by Gasteiger charge is -2.15. The van der Waals surface area contributed by atoms with Crippen LogP contribution in [0.3, 0.4) is 0 Å². The van der Waals surface area contributed by atoms with Gasteiger partial charge in [0.1, 0.15) is 15.9 Å². The van der Waals surface area contributed by atoms with Crippen LogP contribution in [-0.4, -0.2) is 43.5 Å². The number of hydrogen-bond acceptors (Lipinski definition) is 4. The molecule has 0 spiro atoms. The molecule has 2 N–H and O–H groups in total. The molecule has 1 aromatic carbocycles. The molecule has 0 saturated heterocycles. The molecule has 0 saturated carbocycles. The Bertz CT molecular complexity index is 624. The van der Waals surface area contributed by atoms with E-state index < -0.39 is 27.8 Å². The van der Waals surface area contributed by atoms with Gasteiger partial charge >= 0.3 is 5.97 Å². The third-order valence-electron chi connectivity index (χ3n) is 3.02. The van der Waals surface area contributed by atoms with Crippen LogP contribution in [0.25, 0.3) is 0 Å². The van der Waals surface area contributed by atoms with Crippen molar-refractivity contribution in [1.82, 2.24) is 5.32 Å². The molecule has 0 heterocycles. The van der Waals surface area contributed by atoms with Gasteiger partial charge in [-0.15, -0.1) is 0 Å². The zero-order valence-corrected chi connectivity index (χ0v) is 12.8. The predicted octanol–water partition coefficient (Wildman–Crippen LogP) is 0.867. The maximum atomic E-state index is 12.1. The van der Waals surface area contributed by atoms with Gasteiger partial charge in [-0.2, -0.15) is 0 Å². The minimum atomic E-state index is -3.28. The molecule has 1 atom stereocenters. The highest BCUT2D eigenvalue weighted by atomic mass is 32.2. The molecule has 1 amide bonds. The Labute approximate surface area is 124 Å². The number of nitrogens with one attached hydrogen (secondary N) is 1. The number of carbonyl (C=O) groups is 2. The number of carboxylic acid groups (broad SMARTS) is 1. The molecule has 6 nitrogen and oxygen atoms in total. The molecule has 0 aromatic heterocycles. The van der Waals surface area contributed by atoms with Crippen molar-refractivity contribution in [2.24, 2.45) is 0 Å². The van der Waals surface area contributed by atoms with Crippen molar-refractivity contribution < 1.29 is 23.1 Å². The fourth-order valence-corrected chi connectivity index (χ4v) is 2.54. The van der Waals surface area contributed by atoms with Gasteiger partial charge in [0.15, 0.2) is 0 Å². The van der Waals surface area contributed by atoms with Crippen molar-refractivity contribution in [2.75, 3.05) is 12.0 Å². The summed E-state index contributed by atoms with van der Waals surface area (Å²) >= 11 is 0. The third kappa shape index (κ3) is 5.55. The fraction of sp³-hybridized carbons (Fsp3) is 0.429. The molecule has 0 aliphatic rings. The SMILES string of the molecule is CCc1ccccc1C(=O)NC(CCS(C)(=O)=O)C(=O)O. The van der Waals surface area contributed by atoms with E-state index in [1.165, 1.54) is 0 Å². The van der Waals surface area contributed by atoms with Gasteiger partial charge in [-0.1, -0.05) is 25.1 Å². The highest BCUT2D eigenvalue weighted by Gasteiger charge is 2.23. The number of carbonyl (C=O) groups excluding carboxylic acids is 1. The summed E-state index contributed by atoms with van der Waals surface area (Å²) in [6.45, 7) is 1.89. The second-order valence-electron chi connectivity index (χ2n) is 4.79. The average molecular weight is 313 g/mol. The third-order valence-corrected chi connectivity index (χ3v) is 4.00. The summed E-state index contributed by atoms with van der Waals surface area (Å²) in [5.74, 6) is -2.05. The van der Waals surface area contributed by atoms with Gasteiger partial charge in [-0.3, -0.25) is 4.79 Å². The predicted molar refractivity (Wildman–Crippen MR) is 79.0 cm³/mol. The van der Waals surface area contributed by atoms with Gasteiger partial charge in [0.2, 0.25) is 0 Å². The van der Waals surface area contributed by atoms with E-state index in [0.29, 0.717) is 12.0 Å². The van der Waals surface area contributed by atoms with E-state index in [2.05, 4.69) is 5.32 Å². The van der Waals surface area contributed by atoms with Gasteiger partial charge in [0, 0.05) is 11.8 Å². The molecule has 0 aliphatic carbocycles. The van der Waals surface area contributed by atoms with Gasteiger partial charge in [-0.25, -0.2) is 13.2 Å². The maximum Gasteiger partial charge on any atom is 0.326 e. The van der Waals surface area contributed by atoms with Crippen LogP contribution in [0.5, 0.6) is 0 Å².